The topological polar surface area (TPSA) is 41.1 Å². The molecule has 1 atom stereocenters. The highest BCUT2D eigenvalue weighted by Gasteiger charge is 2.15. The summed E-state index contributed by atoms with van der Waals surface area (Å²) in [5.41, 5.74) is 0.725. The summed E-state index contributed by atoms with van der Waals surface area (Å²) in [6.45, 7) is 2.78. The number of thioether (sulfide) groups is 1. The Morgan fingerprint density at radius 1 is 1.43 bits per heavy atom. The van der Waals surface area contributed by atoms with E-state index in [0.717, 1.165) is 30.8 Å². The van der Waals surface area contributed by atoms with E-state index in [1.54, 1.807) is 23.9 Å². The van der Waals surface area contributed by atoms with Gasteiger partial charge in [-0.3, -0.25) is 4.79 Å². The smallest absolute Gasteiger partial charge is 0.220 e. The molecule has 1 aromatic carbocycles. The standard InChI is InChI=1S/C16H23FN2OS/c17-15-4-2-1-3-14(15)12-21-10-9-19-16(20)6-5-13-7-8-18-11-13/h1-4,13,18H,5-12H2,(H,19,20). The van der Waals surface area contributed by atoms with Crippen molar-refractivity contribution in [3.05, 3.63) is 35.6 Å². The van der Waals surface area contributed by atoms with Crippen LogP contribution in [-0.4, -0.2) is 31.3 Å². The Balaban J connectivity index is 1.51. The van der Waals surface area contributed by atoms with Gasteiger partial charge < -0.3 is 10.6 Å². The summed E-state index contributed by atoms with van der Waals surface area (Å²) >= 11 is 1.64. The minimum atomic E-state index is -0.154. The molecule has 116 valence electrons. The van der Waals surface area contributed by atoms with Gasteiger partial charge in [0.05, 0.1) is 0 Å². The number of rotatable bonds is 8. The molecule has 2 rings (SSSR count). The summed E-state index contributed by atoms with van der Waals surface area (Å²) in [7, 11) is 0. The summed E-state index contributed by atoms with van der Waals surface area (Å²) in [5, 5.41) is 6.24. The van der Waals surface area contributed by atoms with E-state index in [-0.39, 0.29) is 11.7 Å². The van der Waals surface area contributed by atoms with E-state index in [1.165, 1.54) is 12.5 Å². The number of carbonyl (C=O) groups excluding carboxylic acids is 1. The molecule has 0 bridgehead atoms. The van der Waals surface area contributed by atoms with Gasteiger partial charge in [-0.2, -0.15) is 11.8 Å². The maximum absolute atomic E-state index is 13.4. The summed E-state index contributed by atoms with van der Waals surface area (Å²) in [6.07, 6.45) is 2.78. The highest BCUT2D eigenvalue weighted by molar-refractivity contribution is 7.98. The van der Waals surface area contributed by atoms with E-state index in [4.69, 9.17) is 0 Å². The quantitative estimate of drug-likeness (QED) is 0.725. The Kier molecular flexibility index (Phi) is 7.03. The SMILES string of the molecule is O=C(CCC1CCNC1)NCCSCc1ccccc1F. The molecule has 0 radical (unpaired) electrons. The lowest BCUT2D eigenvalue weighted by atomic mass is 10.0. The molecule has 0 aliphatic carbocycles. The zero-order valence-corrected chi connectivity index (χ0v) is 13.1. The molecular formula is C16H23FN2OS. The average molecular weight is 310 g/mol. The number of amides is 1. The second kappa shape index (κ2) is 9.05. The Morgan fingerprint density at radius 2 is 2.29 bits per heavy atom. The summed E-state index contributed by atoms with van der Waals surface area (Å²) in [6, 6.07) is 6.83. The van der Waals surface area contributed by atoms with Gasteiger partial charge in [0, 0.05) is 24.5 Å². The largest absolute Gasteiger partial charge is 0.355 e. The van der Waals surface area contributed by atoms with Crippen LogP contribution < -0.4 is 10.6 Å². The summed E-state index contributed by atoms with van der Waals surface area (Å²) in [4.78, 5) is 11.7. The molecule has 21 heavy (non-hydrogen) atoms. The van der Waals surface area contributed by atoms with Gasteiger partial charge in [0.15, 0.2) is 0 Å². The lowest BCUT2D eigenvalue weighted by Crippen LogP contribution is -2.26. The predicted molar refractivity (Wildman–Crippen MR) is 85.8 cm³/mol. The average Bonchev–Trinajstić information content (AvgIpc) is 3.00. The van der Waals surface area contributed by atoms with Crippen LogP contribution >= 0.6 is 11.8 Å². The number of halogens is 1. The molecule has 1 amide bonds. The second-order valence-electron chi connectivity index (χ2n) is 5.39. The van der Waals surface area contributed by atoms with Crippen LogP contribution in [-0.2, 0) is 10.5 Å². The molecule has 0 spiro atoms. The van der Waals surface area contributed by atoms with Gasteiger partial charge in [-0.15, -0.1) is 0 Å². The Morgan fingerprint density at radius 3 is 3.05 bits per heavy atom. The normalized spacial score (nSPS) is 17.9. The van der Waals surface area contributed by atoms with Crippen molar-refractivity contribution in [1.29, 1.82) is 0 Å². The first-order valence-corrected chi connectivity index (χ1v) is 8.70. The van der Waals surface area contributed by atoms with Gasteiger partial charge in [-0.1, -0.05) is 18.2 Å². The number of carbonyl (C=O) groups is 1. The third-order valence-electron chi connectivity index (χ3n) is 3.73. The number of hydrogen-bond acceptors (Lipinski definition) is 3. The maximum atomic E-state index is 13.4. The van der Waals surface area contributed by atoms with E-state index in [1.807, 2.05) is 6.07 Å². The molecular weight excluding hydrogens is 287 g/mol. The molecule has 1 heterocycles. The van der Waals surface area contributed by atoms with Crippen LogP contribution in [0.2, 0.25) is 0 Å². The third kappa shape index (κ3) is 6.06. The van der Waals surface area contributed by atoms with E-state index in [0.29, 0.717) is 24.6 Å². The van der Waals surface area contributed by atoms with Crippen molar-refractivity contribution in [3.63, 3.8) is 0 Å². The van der Waals surface area contributed by atoms with Crippen LogP contribution in [0.3, 0.4) is 0 Å². The second-order valence-corrected chi connectivity index (χ2v) is 6.50. The predicted octanol–water partition coefficient (Wildman–Crippen LogP) is 2.56. The highest BCUT2D eigenvalue weighted by Crippen LogP contribution is 2.15. The lowest BCUT2D eigenvalue weighted by Gasteiger charge is -2.08. The van der Waals surface area contributed by atoms with Crippen molar-refractivity contribution in [2.24, 2.45) is 5.92 Å². The third-order valence-corrected chi connectivity index (χ3v) is 4.73. The monoisotopic (exact) mass is 310 g/mol. The van der Waals surface area contributed by atoms with Crippen molar-refractivity contribution >= 4 is 17.7 Å². The first-order chi connectivity index (χ1) is 10.3. The molecule has 1 saturated heterocycles. The molecule has 1 aromatic rings. The fraction of sp³-hybridized carbons (Fsp3) is 0.562. The number of hydrogen-bond donors (Lipinski definition) is 2. The molecule has 1 aliphatic rings. The van der Waals surface area contributed by atoms with E-state index in [9.17, 15) is 9.18 Å². The van der Waals surface area contributed by atoms with Crippen molar-refractivity contribution in [2.75, 3.05) is 25.4 Å². The zero-order valence-electron chi connectivity index (χ0n) is 12.2. The van der Waals surface area contributed by atoms with Crippen LogP contribution in [0.5, 0.6) is 0 Å². The van der Waals surface area contributed by atoms with Crippen LogP contribution in [0, 0.1) is 11.7 Å². The molecule has 1 fully saturated rings. The van der Waals surface area contributed by atoms with Crippen molar-refractivity contribution < 1.29 is 9.18 Å². The van der Waals surface area contributed by atoms with Gasteiger partial charge in [-0.05, 0) is 43.5 Å². The van der Waals surface area contributed by atoms with E-state index >= 15 is 0 Å². The zero-order chi connectivity index (χ0) is 14.9. The molecule has 2 N–H and O–H groups in total. The first kappa shape index (κ1) is 16.3. The molecule has 1 unspecified atom stereocenters. The number of benzene rings is 1. The fourth-order valence-electron chi connectivity index (χ4n) is 2.44. The Hall–Kier alpha value is -1.07. The summed E-state index contributed by atoms with van der Waals surface area (Å²) in [5.74, 6) is 2.10. The minimum absolute atomic E-state index is 0.133. The van der Waals surface area contributed by atoms with Crippen LogP contribution in [0.4, 0.5) is 4.39 Å². The maximum Gasteiger partial charge on any atom is 0.220 e. The highest BCUT2D eigenvalue weighted by atomic mass is 32.2. The van der Waals surface area contributed by atoms with Gasteiger partial charge >= 0.3 is 0 Å². The lowest BCUT2D eigenvalue weighted by molar-refractivity contribution is -0.121. The molecule has 0 saturated carbocycles. The fourth-order valence-corrected chi connectivity index (χ4v) is 3.29. The van der Waals surface area contributed by atoms with E-state index in [2.05, 4.69) is 10.6 Å². The van der Waals surface area contributed by atoms with Crippen molar-refractivity contribution in [2.45, 2.75) is 25.0 Å². The molecule has 3 nitrogen and oxygen atoms in total. The number of nitrogens with one attached hydrogen (secondary N) is 2. The van der Waals surface area contributed by atoms with Gasteiger partial charge in [-0.25, -0.2) is 4.39 Å². The Labute approximate surface area is 130 Å². The van der Waals surface area contributed by atoms with E-state index < -0.39 is 0 Å². The van der Waals surface area contributed by atoms with Gasteiger partial charge in [0.2, 0.25) is 5.91 Å². The van der Waals surface area contributed by atoms with Crippen molar-refractivity contribution in [3.8, 4) is 0 Å². The van der Waals surface area contributed by atoms with Crippen LogP contribution in [0.1, 0.15) is 24.8 Å². The molecule has 5 heteroatoms. The van der Waals surface area contributed by atoms with Gasteiger partial charge in [0.1, 0.15) is 5.82 Å². The minimum Gasteiger partial charge on any atom is -0.355 e. The van der Waals surface area contributed by atoms with Gasteiger partial charge in [0.25, 0.3) is 0 Å². The van der Waals surface area contributed by atoms with Crippen LogP contribution in [0.15, 0.2) is 24.3 Å². The molecule has 0 aromatic heterocycles. The van der Waals surface area contributed by atoms with Crippen LogP contribution in [0.25, 0.3) is 0 Å². The van der Waals surface area contributed by atoms with Crippen molar-refractivity contribution in [1.82, 2.24) is 10.6 Å². The summed E-state index contributed by atoms with van der Waals surface area (Å²) < 4.78 is 13.4. The first-order valence-electron chi connectivity index (χ1n) is 7.54. The Bertz CT molecular complexity index is 450. The molecule has 1 aliphatic heterocycles.